The van der Waals surface area contributed by atoms with E-state index >= 15 is 0 Å². The fourth-order valence-corrected chi connectivity index (χ4v) is 1.92. The van der Waals surface area contributed by atoms with Gasteiger partial charge < -0.3 is 0 Å². The molecule has 2 heterocycles. The smallest absolute Gasteiger partial charge is 0.173 e. The topological polar surface area (TPSA) is 49.3 Å². The molecule has 1 aliphatic rings. The lowest BCUT2D eigenvalue weighted by Gasteiger charge is -2.03. The Labute approximate surface area is 111 Å². The van der Waals surface area contributed by atoms with Crippen molar-refractivity contribution in [2.75, 3.05) is 0 Å². The number of nitrogens with one attached hydrogen (secondary N) is 2. The lowest BCUT2D eigenvalue weighted by atomic mass is 10.2. The molecule has 0 amide bonds. The molecule has 19 heavy (non-hydrogen) atoms. The summed E-state index contributed by atoms with van der Waals surface area (Å²) in [6.45, 7) is 2.02. The Morgan fingerprint density at radius 1 is 1.00 bits per heavy atom. The van der Waals surface area contributed by atoms with Crippen LogP contribution in [-0.4, -0.2) is 10.8 Å². The van der Waals surface area contributed by atoms with Gasteiger partial charge in [0.2, 0.25) is 0 Å². The summed E-state index contributed by atoms with van der Waals surface area (Å²) in [4.78, 5) is 8.85. The minimum atomic E-state index is 0.750. The lowest BCUT2D eigenvalue weighted by Crippen LogP contribution is -2.30. The maximum atomic E-state index is 4.51. The third-order valence-electron chi connectivity index (χ3n) is 2.88. The fraction of sp³-hybridized carbons (Fsp3) is 0.0667. The van der Waals surface area contributed by atoms with Crippen LogP contribution in [0.4, 0.5) is 0 Å². The monoisotopic (exact) mass is 250 g/mol. The first kappa shape index (κ1) is 11.5. The van der Waals surface area contributed by atoms with Crippen molar-refractivity contribution in [3.63, 3.8) is 0 Å². The van der Waals surface area contributed by atoms with Crippen LogP contribution in [0.3, 0.4) is 0 Å². The molecule has 94 valence electrons. The normalized spacial score (nSPS) is 15.8. The number of hydrogen-bond acceptors (Lipinski definition) is 4. The number of aryl methyl sites for hydroxylation is 1. The van der Waals surface area contributed by atoms with Crippen molar-refractivity contribution in [2.24, 2.45) is 4.99 Å². The van der Waals surface area contributed by atoms with E-state index < -0.39 is 0 Å². The highest BCUT2D eigenvalue weighted by Crippen LogP contribution is 2.11. The largest absolute Gasteiger partial charge is 0.283 e. The van der Waals surface area contributed by atoms with E-state index in [1.54, 1.807) is 6.20 Å². The Hall–Kier alpha value is -2.62. The van der Waals surface area contributed by atoms with Crippen molar-refractivity contribution in [2.45, 2.75) is 6.92 Å². The third kappa shape index (κ3) is 2.47. The molecule has 0 aliphatic carbocycles. The Bertz CT molecular complexity index is 644. The van der Waals surface area contributed by atoms with Crippen molar-refractivity contribution in [3.8, 4) is 0 Å². The van der Waals surface area contributed by atoms with E-state index in [-0.39, 0.29) is 0 Å². The highest BCUT2D eigenvalue weighted by molar-refractivity contribution is 6.00. The first-order valence-corrected chi connectivity index (χ1v) is 6.12. The molecule has 0 bridgehead atoms. The molecule has 1 aliphatic heterocycles. The molecule has 4 nitrogen and oxygen atoms in total. The van der Waals surface area contributed by atoms with Gasteiger partial charge in [-0.05, 0) is 30.2 Å². The number of pyridine rings is 1. The summed E-state index contributed by atoms with van der Waals surface area (Å²) in [6, 6.07) is 14.0. The first-order valence-electron chi connectivity index (χ1n) is 6.12. The summed E-state index contributed by atoms with van der Waals surface area (Å²) in [6.07, 6.45) is 3.75. The maximum Gasteiger partial charge on any atom is 0.173 e. The van der Waals surface area contributed by atoms with Crippen molar-refractivity contribution in [1.29, 1.82) is 0 Å². The predicted octanol–water partition coefficient (Wildman–Crippen LogP) is 2.24. The average molecular weight is 250 g/mol. The van der Waals surface area contributed by atoms with Gasteiger partial charge in [0, 0.05) is 6.20 Å². The van der Waals surface area contributed by atoms with Crippen LogP contribution < -0.4 is 10.9 Å². The minimum Gasteiger partial charge on any atom is -0.283 e. The van der Waals surface area contributed by atoms with Crippen LogP contribution in [0.25, 0.3) is 6.08 Å². The second-order valence-corrected chi connectivity index (χ2v) is 4.32. The number of benzene rings is 1. The Morgan fingerprint density at radius 2 is 1.84 bits per heavy atom. The number of aromatic nitrogens is 1. The van der Waals surface area contributed by atoms with Crippen molar-refractivity contribution in [1.82, 2.24) is 15.8 Å². The second kappa shape index (κ2) is 4.94. The van der Waals surface area contributed by atoms with Gasteiger partial charge >= 0.3 is 0 Å². The molecule has 2 N–H and O–H groups in total. The molecule has 0 radical (unpaired) electrons. The zero-order chi connectivity index (χ0) is 13.1. The molecule has 1 aromatic carbocycles. The fourth-order valence-electron chi connectivity index (χ4n) is 1.92. The van der Waals surface area contributed by atoms with E-state index in [1.165, 1.54) is 0 Å². The average Bonchev–Trinajstić information content (AvgIpc) is 2.89. The summed E-state index contributed by atoms with van der Waals surface area (Å²) >= 11 is 0. The number of aliphatic imine (C=N–C) groups is 1. The molecule has 0 saturated heterocycles. The third-order valence-corrected chi connectivity index (χ3v) is 2.88. The SMILES string of the molecule is Cc1cccnc1C1=NC(=Cc2ccccc2)NN1. The van der Waals surface area contributed by atoms with Gasteiger partial charge in [-0.1, -0.05) is 36.4 Å². The van der Waals surface area contributed by atoms with E-state index in [0.29, 0.717) is 0 Å². The Kier molecular flexibility index (Phi) is 2.98. The van der Waals surface area contributed by atoms with Crippen molar-refractivity contribution in [3.05, 3.63) is 71.3 Å². The highest BCUT2D eigenvalue weighted by atomic mass is 15.5. The van der Waals surface area contributed by atoms with Crippen LogP contribution in [0.15, 0.2) is 59.5 Å². The molecule has 0 fully saturated rings. The number of hydrogen-bond donors (Lipinski definition) is 2. The van der Waals surface area contributed by atoms with Gasteiger partial charge in [-0.25, -0.2) is 4.99 Å². The van der Waals surface area contributed by atoms with Crippen LogP contribution in [-0.2, 0) is 0 Å². The molecule has 2 aromatic rings. The number of rotatable bonds is 2. The number of hydrazine groups is 1. The quantitative estimate of drug-likeness (QED) is 0.859. The Balaban J connectivity index is 1.90. The molecule has 3 rings (SSSR count). The summed E-state index contributed by atoms with van der Waals surface area (Å²) in [7, 11) is 0. The van der Waals surface area contributed by atoms with Gasteiger partial charge in [0.15, 0.2) is 5.84 Å². The lowest BCUT2D eigenvalue weighted by molar-refractivity contribution is 0.813. The second-order valence-electron chi connectivity index (χ2n) is 4.32. The molecule has 4 heteroatoms. The van der Waals surface area contributed by atoms with Crippen LogP contribution in [0.2, 0.25) is 0 Å². The molecule has 0 atom stereocenters. The summed E-state index contributed by atoms with van der Waals surface area (Å²) in [5.74, 6) is 1.53. The highest BCUT2D eigenvalue weighted by Gasteiger charge is 2.14. The van der Waals surface area contributed by atoms with Crippen molar-refractivity contribution >= 4 is 11.9 Å². The van der Waals surface area contributed by atoms with E-state index in [0.717, 1.165) is 28.5 Å². The minimum absolute atomic E-state index is 0.750. The van der Waals surface area contributed by atoms with E-state index in [1.807, 2.05) is 55.5 Å². The van der Waals surface area contributed by atoms with Crippen LogP contribution in [0.5, 0.6) is 0 Å². The van der Waals surface area contributed by atoms with Gasteiger partial charge in [0.1, 0.15) is 11.5 Å². The summed E-state index contributed by atoms with van der Waals surface area (Å²) in [5, 5.41) is 0. The van der Waals surface area contributed by atoms with Crippen LogP contribution in [0, 0.1) is 6.92 Å². The van der Waals surface area contributed by atoms with Crippen molar-refractivity contribution < 1.29 is 0 Å². The summed E-state index contributed by atoms with van der Waals surface area (Å²) in [5.41, 5.74) is 9.17. The van der Waals surface area contributed by atoms with Crippen LogP contribution >= 0.6 is 0 Å². The Morgan fingerprint density at radius 3 is 2.63 bits per heavy atom. The van der Waals surface area contributed by atoms with Gasteiger partial charge in [0.25, 0.3) is 0 Å². The van der Waals surface area contributed by atoms with E-state index in [9.17, 15) is 0 Å². The molecule has 0 spiro atoms. The first-order chi connectivity index (χ1) is 9.33. The predicted molar refractivity (Wildman–Crippen MR) is 76.2 cm³/mol. The maximum absolute atomic E-state index is 4.51. The molecule has 0 unspecified atom stereocenters. The van der Waals surface area contributed by atoms with Gasteiger partial charge in [-0.15, -0.1) is 0 Å². The molecule has 0 saturated carbocycles. The molecular weight excluding hydrogens is 236 g/mol. The standard InChI is InChI=1S/C15H14N4/c1-11-6-5-9-16-14(11)15-17-13(18-19-15)10-12-7-3-2-4-8-12/h2-10,18H,1H3,(H,17,19). The van der Waals surface area contributed by atoms with Crippen LogP contribution in [0.1, 0.15) is 16.8 Å². The number of nitrogens with zero attached hydrogens (tertiary/aromatic N) is 2. The summed E-state index contributed by atoms with van der Waals surface area (Å²) < 4.78 is 0. The van der Waals surface area contributed by atoms with Gasteiger partial charge in [-0.2, -0.15) is 0 Å². The molecular formula is C15H14N4. The van der Waals surface area contributed by atoms with Gasteiger partial charge in [0.05, 0.1) is 0 Å². The number of amidine groups is 1. The molecule has 1 aromatic heterocycles. The van der Waals surface area contributed by atoms with E-state index in [2.05, 4.69) is 20.8 Å². The zero-order valence-electron chi connectivity index (χ0n) is 10.6. The zero-order valence-corrected chi connectivity index (χ0v) is 10.6. The van der Waals surface area contributed by atoms with Gasteiger partial charge in [-0.3, -0.25) is 15.8 Å². The van der Waals surface area contributed by atoms with E-state index in [4.69, 9.17) is 0 Å².